The Hall–Kier alpha value is -2.49. The Bertz CT molecular complexity index is 787. The standard InChI is InChI=1S/C23H29NO3/c1-17-8-4-5-10-20(17)23(25)24-15-7-6-9-19(24)13-11-18-12-14-21(26-2)22(16-18)27-3/h4-5,8,10,12,14,16,19H,6-7,9,11,13,15H2,1-3H3. The molecule has 1 unspecified atom stereocenters. The van der Waals surface area contributed by atoms with Crippen LogP contribution in [0.3, 0.4) is 0 Å². The first-order chi connectivity index (χ1) is 13.1. The molecule has 0 N–H and O–H groups in total. The third kappa shape index (κ3) is 4.44. The van der Waals surface area contributed by atoms with Crippen molar-refractivity contribution in [1.82, 2.24) is 4.90 Å². The van der Waals surface area contributed by atoms with Gasteiger partial charge >= 0.3 is 0 Å². The first kappa shape index (κ1) is 19.3. The number of nitrogens with zero attached hydrogens (tertiary/aromatic N) is 1. The van der Waals surface area contributed by atoms with Gasteiger partial charge in [-0.05, 0) is 68.4 Å². The van der Waals surface area contributed by atoms with E-state index in [4.69, 9.17) is 9.47 Å². The van der Waals surface area contributed by atoms with Crippen LogP contribution < -0.4 is 9.47 Å². The first-order valence-corrected chi connectivity index (χ1v) is 9.71. The van der Waals surface area contributed by atoms with E-state index in [9.17, 15) is 4.79 Å². The zero-order chi connectivity index (χ0) is 19.2. The van der Waals surface area contributed by atoms with Crippen LogP contribution >= 0.6 is 0 Å². The van der Waals surface area contributed by atoms with Crippen molar-refractivity contribution in [3.63, 3.8) is 0 Å². The Morgan fingerprint density at radius 3 is 2.59 bits per heavy atom. The van der Waals surface area contributed by atoms with E-state index in [1.165, 1.54) is 12.0 Å². The molecule has 4 heteroatoms. The Morgan fingerprint density at radius 2 is 1.85 bits per heavy atom. The van der Waals surface area contributed by atoms with Gasteiger partial charge in [0.25, 0.3) is 5.91 Å². The van der Waals surface area contributed by atoms with Crippen molar-refractivity contribution in [2.24, 2.45) is 0 Å². The average Bonchev–Trinajstić information content (AvgIpc) is 2.72. The minimum atomic E-state index is 0.171. The van der Waals surface area contributed by atoms with Gasteiger partial charge < -0.3 is 14.4 Å². The Morgan fingerprint density at radius 1 is 1.07 bits per heavy atom. The third-order valence-corrected chi connectivity index (χ3v) is 5.48. The zero-order valence-corrected chi connectivity index (χ0v) is 16.5. The van der Waals surface area contributed by atoms with Crippen LogP contribution in [0.25, 0.3) is 0 Å². The molecule has 0 aliphatic carbocycles. The van der Waals surface area contributed by atoms with Gasteiger partial charge in [0.1, 0.15) is 0 Å². The van der Waals surface area contributed by atoms with Crippen molar-refractivity contribution in [1.29, 1.82) is 0 Å². The number of methoxy groups -OCH3 is 2. The second-order valence-electron chi connectivity index (χ2n) is 7.19. The van der Waals surface area contributed by atoms with E-state index in [1.807, 2.05) is 43.3 Å². The number of likely N-dealkylation sites (tertiary alicyclic amines) is 1. The quantitative estimate of drug-likeness (QED) is 0.747. The molecule has 1 amide bonds. The maximum absolute atomic E-state index is 13.1. The van der Waals surface area contributed by atoms with Gasteiger partial charge in [-0.25, -0.2) is 0 Å². The van der Waals surface area contributed by atoms with Crippen molar-refractivity contribution >= 4 is 5.91 Å². The van der Waals surface area contributed by atoms with Crippen LogP contribution in [0.5, 0.6) is 11.5 Å². The summed E-state index contributed by atoms with van der Waals surface area (Å²) in [7, 11) is 3.31. The van der Waals surface area contributed by atoms with Crippen LogP contribution in [-0.4, -0.2) is 37.6 Å². The molecule has 144 valence electrons. The van der Waals surface area contributed by atoms with E-state index < -0.39 is 0 Å². The highest BCUT2D eigenvalue weighted by Crippen LogP contribution is 2.29. The summed E-state index contributed by atoms with van der Waals surface area (Å²) in [5.41, 5.74) is 3.09. The van der Waals surface area contributed by atoms with Gasteiger partial charge in [-0.15, -0.1) is 0 Å². The fourth-order valence-corrected chi connectivity index (χ4v) is 3.91. The number of carbonyl (C=O) groups is 1. The Labute approximate surface area is 162 Å². The lowest BCUT2D eigenvalue weighted by atomic mass is 9.94. The van der Waals surface area contributed by atoms with E-state index in [2.05, 4.69) is 11.0 Å². The number of hydrogen-bond acceptors (Lipinski definition) is 3. The van der Waals surface area contributed by atoms with E-state index in [-0.39, 0.29) is 5.91 Å². The minimum Gasteiger partial charge on any atom is -0.493 e. The Balaban J connectivity index is 1.71. The van der Waals surface area contributed by atoms with Crippen LogP contribution in [0.2, 0.25) is 0 Å². The molecular formula is C23H29NO3. The maximum atomic E-state index is 13.1. The summed E-state index contributed by atoms with van der Waals surface area (Å²) in [4.78, 5) is 15.2. The number of benzene rings is 2. The van der Waals surface area contributed by atoms with Gasteiger partial charge in [-0.2, -0.15) is 0 Å². The fourth-order valence-electron chi connectivity index (χ4n) is 3.91. The van der Waals surface area contributed by atoms with Crippen molar-refractivity contribution < 1.29 is 14.3 Å². The van der Waals surface area contributed by atoms with Crippen molar-refractivity contribution in [3.05, 3.63) is 59.2 Å². The second-order valence-corrected chi connectivity index (χ2v) is 7.19. The van der Waals surface area contributed by atoms with Crippen LogP contribution in [-0.2, 0) is 6.42 Å². The molecule has 1 heterocycles. The smallest absolute Gasteiger partial charge is 0.254 e. The van der Waals surface area contributed by atoms with Crippen LogP contribution in [0.1, 0.15) is 47.2 Å². The number of amides is 1. The van der Waals surface area contributed by atoms with Crippen LogP contribution in [0, 0.1) is 6.92 Å². The maximum Gasteiger partial charge on any atom is 0.254 e. The molecule has 3 rings (SSSR count). The van der Waals surface area contributed by atoms with Gasteiger partial charge in [0.15, 0.2) is 11.5 Å². The molecule has 1 saturated heterocycles. The molecule has 0 radical (unpaired) electrons. The lowest BCUT2D eigenvalue weighted by Crippen LogP contribution is -2.44. The number of rotatable bonds is 6. The zero-order valence-electron chi connectivity index (χ0n) is 16.5. The summed E-state index contributed by atoms with van der Waals surface area (Å²) in [5, 5.41) is 0. The minimum absolute atomic E-state index is 0.171. The molecule has 1 aliphatic heterocycles. The number of carbonyl (C=O) groups excluding carboxylic acids is 1. The first-order valence-electron chi connectivity index (χ1n) is 9.71. The molecule has 1 aliphatic rings. The Kier molecular flexibility index (Phi) is 6.38. The van der Waals surface area contributed by atoms with E-state index in [0.29, 0.717) is 6.04 Å². The van der Waals surface area contributed by atoms with Gasteiger partial charge in [-0.3, -0.25) is 4.79 Å². The van der Waals surface area contributed by atoms with E-state index in [0.717, 1.165) is 54.9 Å². The van der Waals surface area contributed by atoms with Crippen molar-refractivity contribution in [2.45, 2.75) is 45.1 Å². The van der Waals surface area contributed by atoms with Crippen molar-refractivity contribution in [2.75, 3.05) is 20.8 Å². The van der Waals surface area contributed by atoms with Crippen LogP contribution in [0.15, 0.2) is 42.5 Å². The summed E-state index contributed by atoms with van der Waals surface area (Å²) >= 11 is 0. The summed E-state index contributed by atoms with van der Waals surface area (Å²) in [5.74, 6) is 1.67. The molecular weight excluding hydrogens is 338 g/mol. The molecule has 0 bridgehead atoms. The predicted octanol–water partition coefficient (Wildman–Crippen LogP) is 4.64. The molecule has 27 heavy (non-hydrogen) atoms. The van der Waals surface area contributed by atoms with Gasteiger partial charge in [0, 0.05) is 18.2 Å². The van der Waals surface area contributed by atoms with Gasteiger partial charge in [0.2, 0.25) is 0 Å². The number of hydrogen-bond donors (Lipinski definition) is 0. The highest BCUT2D eigenvalue weighted by molar-refractivity contribution is 5.95. The molecule has 0 spiro atoms. The van der Waals surface area contributed by atoms with Crippen LogP contribution in [0.4, 0.5) is 0 Å². The SMILES string of the molecule is COc1ccc(CCC2CCCCN2C(=O)c2ccccc2C)cc1OC. The van der Waals surface area contributed by atoms with E-state index in [1.54, 1.807) is 14.2 Å². The molecule has 2 aromatic rings. The largest absolute Gasteiger partial charge is 0.493 e. The number of piperidine rings is 1. The van der Waals surface area contributed by atoms with Crippen molar-refractivity contribution in [3.8, 4) is 11.5 Å². The van der Waals surface area contributed by atoms with Gasteiger partial charge in [0.05, 0.1) is 14.2 Å². The topological polar surface area (TPSA) is 38.8 Å². The summed E-state index contributed by atoms with van der Waals surface area (Å²) < 4.78 is 10.7. The highest BCUT2D eigenvalue weighted by Gasteiger charge is 2.27. The molecule has 1 fully saturated rings. The molecule has 4 nitrogen and oxygen atoms in total. The summed E-state index contributed by atoms with van der Waals surface area (Å²) in [6, 6.07) is 14.2. The fraction of sp³-hybridized carbons (Fsp3) is 0.435. The molecule has 1 atom stereocenters. The monoisotopic (exact) mass is 367 g/mol. The third-order valence-electron chi connectivity index (χ3n) is 5.48. The molecule has 2 aromatic carbocycles. The molecule has 0 aromatic heterocycles. The second kappa shape index (κ2) is 8.94. The summed E-state index contributed by atoms with van der Waals surface area (Å²) in [6.07, 6.45) is 5.24. The number of aryl methyl sites for hydroxylation is 2. The average molecular weight is 367 g/mol. The lowest BCUT2D eigenvalue weighted by Gasteiger charge is -2.36. The highest BCUT2D eigenvalue weighted by atomic mass is 16.5. The summed E-state index contributed by atoms with van der Waals surface area (Å²) in [6.45, 7) is 2.86. The lowest BCUT2D eigenvalue weighted by molar-refractivity contribution is 0.0601. The van der Waals surface area contributed by atoms with Gasteiger partial charge in [-0.1, -0.05) is 24.3 Å². The predicted molar refractivity (Wildman–Crippen MR) is 108 cm³/mol. The van der Waals surface area contributed by atoms with E-state index >= 15 is 0 Å². The number of ether oxygens (including phenoxy) is 2. The molecule has 0 saturated carbocycles. The normalized spacial score (nSPS) is 16.9.